The van der Waals surface area contributed by atoms with E-state index in [-0.39, 0.29) is 0 Å². The minimum atomic E-state index is 0.337. The van der Waals surface area contributed by atoms with E-state index in [1.54, 1.807) is 7.11 Å². The van der Waals surface area contributed by atoms with Gasteiger partial charge in [-0.25, -0.2) is 0 Å². The van der Waals surface area contributed by atoms with Crippen LogP contribution in [0.1, 0.15) is 27.7 Å². The topological polar surface area (TPSA) is 39.7 Å². The van der Waals surface area contributed by atoms with Gasteiger partial charge in [-0.2, -0.15) is 0 Å². The zero-order valence-corrected chi connectivity index (χ0v) is 12.8. The molecule has 0 aliphatic carbocycles. The molecule has 0 saturated heterocycles. The van der Waals surface area contributed by atoms with E-state index in [0.717, 1.165) is 19.7 Å². The second-order valence-corrected chi connectivity index (χ2v) is 5.54. The maximum Gasteiger partial charge on any atom is 0.0701 e. The quantitative estimate of drug-likeness (QED) is 0.545. The molecule has 0 fully saturated rings. The van der Waals surface area contributed by atoms with Crippen molar-refractivity contribution in [2.24, 2.45) is 11.3 Å². The van der Waals surface area contributed by atoms with Gasteiger partial charge in [0.15, 0.2) is 0 Å². The molecule has 0 heterocycles. The number of hydrogen-bond donors (Lipinski definition) is 1. The fraction of sp³-hybridized carbons (Fsp3) is 1.00. The lowest BCUT2D eigenvalue weighted by Crippen LogP contribution is -2.35. The van der Waals surface area contributed by atoms with E-state index in [1.165, 1.54) is 0 Å². The third kappa shape index (κ3) is 9.83. The van der Waals surface area contributed by atoms with Crippen molar-refractivity contribution >= 4 is 0 Å². The van der Waals surface area contributed by atoms with Crippen LogP contribution in [0, 0.1) is 11.3 Å². The fourth-order valence-corrected chi connectivity index (χ4v) is 1.22. The summed E-state index contributed by atoms with van der Waals surface area (Å²) in [5, 5.41) is 3.43. The summed E-state index contributed by atoms with van der Waals surface area (Å²) in [6.07, 6.45) is 0. The molecule has 0 rings (SSSR count). The first-order chi connectivity index (χ1) is 8.50. The molecule has 0 amide bonds. The van der Waals surface area contributed by atoms with Gasteiger partial charge in [-0.15, -0.1) is 0 Å². The van der Waals surface area contributed by atoms with E-state index in [2.05, 4.69) is 33.0 Å². The lowest BCUT2D eigenvalue weighted by molar-refractivity contribution is 0.0251. The smallest absolute Gasteiger partial charge is 0.0701 e. The highest BCUT2D eigenvalue weighted by Gasteiger charge is 2.21. The molecule has 0 atom stereocenters. The van der Waals surface area contributed by atoms with Crippen LogP contribution in [-0.4, -0.2) is 53.2 Å². The van der Waals surface area contributed by atoms with Crippen molar-refractivity contribution in [2.75, 3.05) is 53.2 Å². The number of methoxy groups -OCH3 is 1. The Morgan fingerprint density at radius 2 is 1.50 bits per heavy atom. The van der Waals surface area contributed by atoms with Gasteiger partial charge in [-0.05, 0) is 11.3 Å². The standard InChI is InChI=1S/C14H31NO3/c1-13(2)14(3,4)12-15-6-7-17-10-11-18-9-8-16-5/h13,15H,6-12H2,1-5H3. The van der Waals surface area contributed by atoms with Crippen LogP contribution in [0.4, 0.5) is 0 Å². The van der Waals surface area contributed by atoms with E-state index < -0.39 is 0 Å². The van der Waals surface area contributed by atoms with Crippen molar-refractivity contribution in [3.8, 4) is 0 Å². The van der Waals surface area contributed by atoms with Gasteiger partial charge in [0.1, 0.15) is 0 Å². The van der Waals surface area contributed by atoms with Gasteiger partial charge < -0.3 is 19.5 Å². The number of rotatable bonds is 12. The lowest BCUT2D eigenvalue weighted by atomic mass is 9.81. The van der Waals surface area contributed by atoms with Crippen LogP contribution in [-0.2, 0) is 14.2 Å². The Labute approximate surface area is 112 Å². The summed E-state index contributed by atoms with van der Waals surface area (Å²) in [4.78, 5) is 0. The Kier molecular flexibility index (Phi) is 10.6. The van der Waals surface area contributed by atoms with Gasteiger partial charge in [0.2, 0.25) is 0 Å². The van der Waals surface area contributed by atoms with Crippen LogP contribution in [0.3, 0.4) is 0 Å². The van der Waals surface area contributed by atoms with Crippen molar-refractivity contribution in [1.29, 1.82) is 0 Å². The van der Waals surface area contributed by atoms with E-state index >= 15 is 0 Å². The predicted octanol–water partition coefficient (Wildman–Crippen LogP) is 1.94. The van der Waals surface area contributed by atoms with Crippen LogP contribution in [0.2, 0.25) is 0 Å². The second kappa shape index (κ2) is 10.7. The third-order valence-corrected chi connectivity index (χ3v) is 3.37. The summed E-state index contributed by atoms with van der Waals surface area (Å²) < 4.78 is 15.6. The molecule has 0 radical (unpaired) electrons. The van der Waals surface area contributed by atoms with E-state index in [4.69, 9.17) is 14.2 Å². The normalized spacial score (nSPS) is 12.3. The van der Waals surface area contributed by atoms with Crippen molar-refractivity contribution in [1.82, 2.24) is 5.32 Å². The summed E-state index contributed by atoms with van der Waals surface area (Å²) in [5.74, 6) is 0.681. The number of nitrogens with one attached hydrogen (secondary N) is 1. The minimum absolute atomic E-state index is 0.337. The van der Waals surface area contributed by atoms with E-state index in [9.17, 15) is 0 Å². The summed E-state index contributed by atoms with van der Waals surface area (Å²) >= 11 is 0. The number of ether oxygens (including phenoxy) is 3. The summed E-state index contributed by atoms with van der Waals surface area (Å²) in [5.41, 5.74) is 0.337. The molecule has 0 aliphatic heterocycles. The highest BCUT2D eigenvalue weighted by Crippen LogP contribution is 2.24. The van der Waals surface area contributed by atoms with Crippen molar-refractivity contribution < 1.29 is 14.2 Å². The highest BCUT2D eigenvalue weighted by molar-refractivity contribution is 4.74. The van der Waals surface area contributed by atoms with Gasteiger partial charge in [-0.1, -0.05) is 27.7 Å². The molecule has 0 aliphatic rings. The minimum Gasteiger partial charge on any atom is -0.382 e. The van der Waals surface area contributed by atoms with Crippen molar-refractivity contribution in [3.05, 3.63) is 0 Å². The van der Waals surface area contributed by atoms with Gasteiger partial charge >= 0.3 is 0 Å². The zero-order valence-electron chi connectivity index (χ0n) is 12.8. The van der Waals surface area contributed by atoms with Gasteiger partial charge in [0.25, 0.3) is 0 Å². The monoisotopic (exact) mass is 261 g/mol. The maximum absolute atomic E-state index is 5.46. The molecule has 4 heteroatoms. The molecule has 0 aromatic heterocycles. The second-order valence-electron chi connectivity index (χ2n) is 5.54. The lowest BCUT2D eigenvalue weighted by Gasteiger charge is -2.29. The van der Waals surface area contributed by atoms with Gasteiger partial charge in [0.05, 0.1) is 33.0 Å². The van der Waals surface area contributed by atoms with E-state index in [0.29, 0.717) is 37.8 Å². The Bertz CT molecular complexity index is 184. The largest absolute Gasteiger partial charge is 0.382 e. The Balaban J connectivity index is 3.21. The number of hydrogen-bond acceptors (Lipinski definition) is 4. The molecule has 110 valence electrons. The van der Waals surface area contributed by atoms with E-state index in [1.807, 2.05) is 0 Å². The van der Waals surface area contributed by atoms with Crippen LogP contribution >= 0.6 is 0 Å². The molecule has 0 bridgehead atoms. The third-order valence-electron chi connectivity index (χ3n) is 3.37. The van der Waals surface area contributed by atoms with Crippen LogP contribution < -0.4 is 5.32 Å². The molecule has 4 nitrogen and oxygen atoms in total. The average Bonchev–Trinajstić information content (AvgIpc) is 2.31. The Hall–Kier alpha value is -0.160. The van der Waals surface area contributed by atoms with Crippen LogP contribution in [0.15, 0.2) is 0 Å². The molecular weight excluding hydrogens is 230 g/mol. The molecule has 0 aromatic carbocycles. The molecule has 0 spiro atoms. The van der Waals surface area contributed by atoms with Crippen molar-refractivity contribution in [2.45, 2.75) is 27.7 Å². The van der Waals surface area contributed by atoms with Crippen LogP contribution in [0.25, 0.3) is 0 Å². The molecule has 1 N–H and O–H groups in total. The highest BCUT2D eigenvalue weighted by atomic mass is 16.5. The molecule has 0 saturated carbocycles. The Morgan fingerprint density at radius 1 is 0.944 bits per heavy atom. The van der Waals surface area contributed by atoms with Gasteiger partial charge in [0, 0.05) is 20.2 Å². The molecular formula is C14H31NO3. The first kappa shape index (κ1) is 17.8. The van der Waals surface area contributed by atoms with Gasteiger partial charge in [-0.3, -0.25) is 0 Å². The summed E-state index contributed by atoms with van der Waals surface area (Å²) in [6, 6.07) is 0. The fourth-order valence-electron chi connectivity index (χ4n) is 1.22. The van der Waals surface area contributed by atoms with Crippen LogP contribution in [0.5, 0.6) is 0 Å². The van der Waals surface area contributed by atoms with Crippen molar-refractivity contribution in [3.63, 3.8) is 0 Å². The first-order valence-corrected chi connectivity index (χ1v) is 6.86. The first-order valence-electron chi connectivity index (χ1n) is 6.86. The Morgan fingerprint density at radius 3 is 2.06 bits per heavy atom. The average molecular weight is 261 g/mol. The predicted molar refractivity (Wildman–Crippen MR) is 75.0 cm³/mol. The molecule has 0 unspecified atom stereocenters. The SMILES string of the molecule is COCCOCCOCCNCC(C)(C)C(C)C. The summed E-state index contributed by atoms with van der Waals surface area (Å²) in [6.45, 7) is 14.3. The molecule has 0 aromatic rings. The zero-order chi connectivity index (χ0) is 13.9. The maximum atomic E-state index is 5.46. The molecule has 18 heavy (non-hydrogen) atoms. The summed E-state index contributed by atoms with van der Waals surface area (Å²) in [7, 11) is 1.67.